The van der Waals surface area contributed by atoms with Crippen LogP contribution in [-0.4, -0.2) is 52.0 Å². The summed E-state index contributed by atoms with van der Waals surface area (Å²) in [6.45, 7) is 3.81. The van der Waals surface area contributed by atoms with Crippen LogP contribution < -0.4 is 5.73 Å². The molecule has 1 aromatic heterocycles. The van der Waals surface area contributed by atoms with E-state index in [1.165, 1.54) is 0 Å². The molecule has 0 aromatic carbocycles. The van der Waals surface area contributed by atoms with E-state index in [0.717, 1.165) is 31.7 Å². The van der Waals surface area contributed by atoms with Crippen LogP contribution in [-0.2, 0) is 9.47 Å². The van der Waals surface area contributed by atoms with Crippen molar-refractivity contribution in [1.82, 2.24) is 4.90 Å². The van der Waals surface area contributed by atoms with Crippen molar-refractivity contribution in [3.05, 3.63) is 24.2 Å². The monoisotopic (exact) mass is 256 g/mol. The third-order valence-corrected chi connectivity index (χ3v) is 2.97. The summed E-state index contributed by atoms with van der Waals surface area (Å²) in [5.74, 6) is 0. The first kappa shape index (κ1) is 15.2. The van der Waals surface area contributed by atoms with Crippen molar-refractivity contribution in [1.29, 1.82) is 0 Å². The molecule has 1 rings (SSSR count). The molecule has 0 aliphatic rings. The summed E-state index contributed by atoms with van der Waals surface area (Å²) < 4.78 is 15.4. The van der Waals surface area contributed by atoms with Gasteiger partial charge < -0.3 is 19.6 Å². The molecule has 0 fully saturated rings. The van der Waals surface area contributed by atoms with Crippen LogP contribution in [0, 0.1) is 0 Å². The molecule has 104 valence electrons. The Morgan fingerprint density at radius 2 is 2.06 bits per heavy atom. The zero-order valence-electron chi connectivity index (χ0n) is 11.3. The smallest absolute Gasteiger partial charge is 0.0950 e. The molecule has 0 spiro atoms. The lowest BCUT2D eigenvalue weighted by atomic mass is 10.1. The van der Waals surface area contributed by atoms with E-state index in [1.54, 1.807) is 26.7 Å². The van der Waals surface area contributed by atoms with E-state index in [1.807, 2.05) is 6.07 Å². The lowest BCUT2D eigenvalue weighted by Gasteiger charge is -2.30. The van der Waals surface area contributed by atoms with Crippen molar-refractivity contribution in [3.8, 4) is 0 Å². The molecule has 0 aliphatic heterocycles. The van der Waals surface area contributed by atoms with Gasteiger partial charge in [-0.2, -0.15) is 0 Å². The average Bonchev–Trinajstić information content (AvgIpc) is 2.90. The molecule has 0 aliphatic carbocycles. The van der Waals surface area contributed by atoms with E-state index < -0.39 is 0 Å². The van der Waals surface area contributed by atoms with E-state index in [2.05, 4.69) is 4.90 Å². The second-order valence-electron chi connectivity index (χ2n) is 4.18. The minimum absolute atomic E-state index is 0.177. The van der Waals surface area contributed by atoms with Gasteiger partial charge in [-0.05, 0) is 12.5 Å². The molecule has 0 radical (unpaired) electrons. The van der Waals surface area contributed by atoms with Crippen molar-refractivity contribution < 1.29 is 13.9 Å². The Bertz CT molecular complexity index is 290. The Labute approximate surface area is 109 Å². The molecule has 18 heavy (non-hydrogen) atoms. The topological polar surface area (TPSA) is 60.9 Å². The van der Waals surface area contributed by atoms with Gasteiger partial charge in [0, 0.05) is 46.0 Å². The molecule has 1 heterocycles. The maximum absolute atomic E-state index is 5.89. The van der Waals surface area contributed by atoms with Crippen molar-refractivity contribution in [2.45, 2.75) is 12.5 Å². The van der Waals surface area contributed by atoms with Crippen molar-refractivity contribution >= 4 is 0 Å². The number of furan rings is 1. The first-order valence-corrected chi connectivity index (χ1v) is 6.27. The molecular weight excluding hydrogens is 232 g/mol. The van der Waals surface area contributed by atoms with Crippen LogP contribution in [0.4, 0.5) is 0 Å². The second kappa shape index (κ2) is 9.10. The Morgan fingerprint density at radius 1 is 1.28 bits per heavy atom. The fraction of sp³-hybridized carbons (Fsp3) is 0.692. The van der Waals surface area contributed by atoms with Gasteiger partial charge in [0.15, 0.2) is 0 Å². The molecule has 0 bridgehead atoms. The van der Waals surface area contributed by atoms with Gasteiger partial charge in [0.2, 0.25) is 0 Å². The standard InChI is InChI=1S/C13H24N2O3/c1-16-7-3-5-15(6-9-17-2)13(10-14)12-4-8-18-11-12/h4,8,11,13H,3,5-7,9-10,14H2,1-2H3. The normalized spacial score (nSPS) is 13.1. The predicted molar refractivity (Wildman–Crippen MR) is 70.4 cm³/mol. The van der Waals surface area contributed by atoms with Crippen LogP contribution in [0.5, 0.6) is 0 Å². The van der Waals surface area contributed by atoms with E-state index in [0.29, 0.717) is 13.2 Å². The lowest BCUT2D eigenvalue weighted by Crippen LogP contribution is -2.37. The fourth-order valence-corrected chi connectivity index (χ4v) is 2.00. The zero-order valence-corrected chi connectivity index (χ0v) is 11.3. The molecule has 2 N–H and O–H groups in total. The maximum Gasteiger partial charge on any atom is 0.0950 e. The summed E-state index contributed by atoms with van der Waals surface area (Å²) in [4.78, 5) is 2.31. The van der Waals surface area contributed by atoms with Crippen LogP contribution in [0.25, 0.3) is 0 Å². The highest BCUT2D eigenvalue weighted by Crippen LogP contribution is 2.20. The third-order valence-electron chi connectivity index (χ3n) is 2.97. The molecule has 0 saturated heterocycles. The van der Waals surface area contributed by atoms with Gasteiger partial charge >= 0.3 is 0 Å². The number of nitrogens with two attached hydrogens (primary N) is 1. The number of hydrogen-bond acceptors (Lipinski definition) is 5. The first-order valence-electron chi connectivity index (χ1n) is 6.27. The van der Waals surface area contributed by atoms with E-state index in [9.17, 15) is 0 Å². The highest BCUT2D eigenvalue weighted by molar-refractivity contribution is 5.12. The van der Waals surface area contributed by atoms with Crippen molar-refractivity contribution in [2.75, 3.05) is 47.1 Å². The summed E-state index contributed by atoms with van der Waals surface area (Å²) in [6.07, 6.45) is 4.42. The van der Waals surface area contributed by atoms with Crippen LogP contribution in [0.2, 0.25) is 0 Å². The molecule has 0 amide bonds. The Kier molecular flexibility index (Phi) is 7.68. The zero-order chi connectivity index (χ0) is 13.2. The minimum atomic E-state index is 0.177. The van der Waals surface area contributed by atoms with Crippen molar-refractivity contribution in [3.63, 3.8) is 0 Å². The van der Waals surface area contributed by atoms with Gasteiger partial charge in [0.1, 0.15) is 0 Å². The molecule has 0 saturated carbocycles. The summed E-state index contributed by atoms with van der Waals surface area (Å²) >= 11 is 0. The predicted octanol–water partition coefficient (Wildman–Crippen LogP) is 1.26. The van der Waals surface area contributed by atoms with E-state index in [4.69, 9.17) is 19.6 Å². The first-order chi connectivity index (χ1) is 8.83. The summed E-state index contributed by atoms with van der Waals surface area (Å²) in [5, 5.41) is 0. The highest BCUT2D eigenvalue weighted by atomic mass is 16.5. The van der Waals surface area contributed by atoms with Crippen molar-refractivity contribution in [2.24, 2.45) is 5.73 Å². The molecule has 1 unspecified atom stereocenters. The van der Waals surface area contributed by atoms with Gasteiger partial charge in [-0.3, -0.25) is 4.90 Å². The Hall–Kier alpha value is -0.880. The number of rotatable bonds is 10. The van der Waals surface area contributed by atoms with Gasteiger partial charge in [-0.25, -0.2) is 0 Å². The van der Waals surface area contributed by atoms with Gasteiger partial charge in [-0.15, -0.1) is 0 Å². The fourth-order valence-electron chi connectivity index (χ4n) is 2.00. The van der Waals surface area contributed by atoms with Crippen LogP contribution in [0.1, 0.15) is 18.0 Å². The molecule has 5 heteroatoms. The summed E-state index contributed by atoms with van der Waals surface area (Å²) in [6, 6.07) is 2.14. The SMILES string of the molecule is COCCCN(CCOC)C(CN)c1ccoc1. The number of nitrogens with zero attached hydrogens (tertiary/aromatic N) is 1. The minimum Gasteiger partial charge on any atom is -0.472 e. The number of ether oxygens (including phenoxy) is 2. The molecular formula is C13H24N2O3. The van der Waals surface area contributed by atoms with Gasteiger partial charge in [0.05, 0.1) is 25.2 Å². The molecule has 1 aromatic rings. The van der Waals surface area contributed by atoms with E-state index in [-0.39, 0.29) is 6.04 Å². The average molecular weight is 256 g/mol. The number of hydrogen-bond donors (Lipinski definition) is 1. The Balaban J connectivity index is 2.59. The maximum atomic E-state index is 5.89. The van der Waals surface area contributed by atoms with Crippen LogP contribution >= 0.6 is 0 Å². The van der Waals surface area contributed by atoms with Gasteiger partial charge in [-0.1, -0.05) is 0 Å². The molecule has 5 nitrogen and oxygen atoms in total. The van der Waals surface area contributed by atoms with Crippen LogP contribution in [0.15, 0.2) is 23.0 Å². The second-order valence-corrected chi connectivity index (χ2v) is 4.18. The Morgan fingerprint density at radius 3 is 2.61 bits per heavy atom. The third kappa shape index (κ3) is 4.78. The van der Waals surface area contributed by atoms with Crippen LogP contribution in [0.3, 0.4) is 0 Å². The highest BCUT2D eigenvalue weighted by Gasteiger charge is 2.19. The quantitative estimate of drug-likeness (QED) is 0.639. The summed E-state index contributed by atoms with van der Waals surface area (Å²) in [5.41, 5.74) is 7.00. The summed E-state index contributed by atoms with van der Waals surface area (Å²) in [7, 11) is 3.43. The van der Waals surface area contributed by atoms with Gasteiger partial charge in [0.25, 0.3) is 0 Å². The van der Waals surface area contributed by atoms with E-state index >= 15 is 0 Å². The molecule has 1 atom stereocenters. The number of methoxy groups -OCH3 is 2. The largest absolute Gasteiger partial charge is 0.472 e. The lowest BCUT2D eigenvalue weighted by molar-refractivity contribution is 0.108.